The second-order valence-corrected chi connectivity index (χ2v) is 7.68. The lowest BCUT2D eigenvalue weighted by atomic mass is 9.97. The largest absolute Gasteiger partial charge is 0.497 e. The molecule has 1 atom stereocenters. The number of nitrogens with zero attached hydrogens (tertiary/aromatic N) is 3. The predicted octanol–water partition coefficient (Wildman–Crippen LogP) is 5.00. The number of para-hydroxylation sites is 1. The summed E-state index contributed by atoms with van der Waals surface area (Å²) < 4.78 is 16.5. The molecule has 0 fully saturated rings. The molecule has 0 saturated carbocycles. The number of ether oxygens (including phenoxy) is 3. The first-order valence-electron chi connectivity index (χ1n) is 10.3. The molecule has 8 heteroatoms. The molecule has 2 aromatic carbocycles. The van der Waals surface area contributed by atoms with Crippen LogP contribution in [0, 0.1) is 0 Å². The van der Waals surface area contributed by atoms with Crippen molar-refractivity contribution in [2.45, 2.75) is 26.3 Å². The van der Waals surface area contributed by atoms with Crippen LogP contribution in [0.5, 0.6) is 17.2 Å². The van der Waals surface area contributed by atoms with Gasteiger partial charge in [-0.2, -0.15) is 5.10 Å². The van der Waals surface area contributed by atoms with Crippen LogP contribution in [0.3, 0.4) is 0 Å². The molecule has 0 saturated heterocycles. The Morgan fingerprint density at radius 3 is 2.66 bits per heavy atom. The monoisotopic (exact) mass is 453 g/mol. The Kier molecular flexibility index (Phi) is 6.19. The van der Waals surface area contributed by atoms with Gasteiger partial charge in [0.1, 0.15) is 27.9 Å². The molecule has 1 amide bonds. The number of hydrogen-bond donors (Lipinski definition) is 0. The van der Waals surface area contributed by atoms with E-state index in [2.05, 4.69) is 10.1 Å². The minimum Gasteiger partial charge on any atom is -0.497 e. The maximum absolute atomic E-state index is 12.5. The van der Waals surface area contributed by atoms with E-state index in [1.807, 2.05) is 43.3 Å². The number of fused-ring (bicyclic) bond motifs is 1. The van der Waals surface area contributed by atoms with Crippen LogP contribution in [0.1, 0.15) is 37.4 Å². The molecular formula is C24H24ClN3O4. The molecule has 166 valence electrons. The Morgan fingerprint density at radius 1 is 1.16 bits per heavy atom. The molecule has 2 heterocycles. The molecule has 7 nitrogen and oxygen atoms in total. The Bertz CT molecular complexity index is 1210. The fourth-order valence-electron chi connectivity index (χ4n) is 3.91. The number of pyridine rings is 1. The minimum absolute atomic E-state index is 0.184. The summed E-state index contributed by atoms with van der Waals surface area (Å²) in [5, 5.41) is 7.28. The van der Waals surface area contributed by atoms with E-state index in [-0.39, 0.29) is 11.9 Å². The summed E-state index contributed by atoms with van der Waals surface area (Å²) in [7, 11) is 3.19. The summed E-state index contributed by atoms with van der Waals surface area (Å²) in [6, 6.07) is 12.8. The van der Waals surface area contributed by atoms with Crippen LogP contribution in [-0.2, 0) is 4.79 Å². The van der Waals surface area contributed by atoms with Gasteiger partial charge in [0, 0.05) is 35.9 Å². The number of halogens is 1. The first kappa shape index (κ1) is 21.9. The van der Waals surface area contributed by atoms with Crippen LogP contribution < -0.4 is 14.2 Å². The van der Waals surface area contributed by atoms with E-state index in [0.717, 1.165) is 22.2 Å². The molecule has 0 radical (unpaired) electrons. The summed E-state index contributed by atoms with van der Waals surface area (Å²) in [6.07, 6.45) is 0.473. The fraction of sp³-hybridized carbons (Fsp3) is 0.292. The van der Waals surface area contributed by atoms with Gasteiger partial charge in [0.25, 0.3) is 0 Å². The van der Waals surface area contributed by atoms with Gasteiger partial charge >= 0.3 is 0 Å². The number of benzene rings is 2. The molecule has 0 N–H and O–H groups in total. The highest BCUT2D eigenvalue weighted by Crippen LogP contribution is 2.40. The minimum atomic E-state index is -0.380. The van der Waals surface area contributed by atoms with Crippen molar-refractivity contribution in [1.29, 1.82) is 0 Å². The smallest absolute Gasteiger partial charge is 0.240 e. The summed E-state index contributed by atoms with van der Waals surface area (Å²) in [5.41, 5.74) is 2.94. The lowest BCUT2D eigenvalue weighted by Gasteiger charge is -2.21. The second kappa shape index (κ2) is 9.04. The zero-order valence-corrected chi connectivity index (χ0v) is 19.1. The number of carbonyl (C=O) groups is 1. The van der Waals surface area contributed by atoms with E-state index in [9.17, 15) is 4.79 Å². The highest BCUT2D eigenvalue weighted by atomic mass is 35.5. The average Bonchev–Trinajstić information content (AvgIpc) is 3.24. The molecule has 1 aliphatic rings. The zero-order chi connectivity index (χ0) is 22.8. The van der Waals surface area contributed by atoms with Crippen molar-refractivity contribution in [2.24, 2.45) is 5.10 Å². The van der Waals surface area contributed by atoms with E-state index in [4.69, 9.17) is 25.8 Å². The molecule has 0 bridgehead atoms. The van der Waals surface area contributed by atoms with E-state index < -0.39 is 0 Å². The van der Waals surface area contributed by atoms with E-state index in [0.29, 0.717) is 40.9 Å². The SMILES string of the molecule is CCOc1cccc2cc(C3CC(c4ccc(OC)cc4OC)=NN3C(C)=O)c(Cl)nc12. The third-order valence-corrected chi connectivity index (χ3v) is 5.70. The molecular weight excluding hydrogens is 430 g/mol. The van der Waals surface area contributed by atoms with Gasteiger partial charge in [0.15, 0.2) is 0 Å². The molecule has 1 aliphatic heterocycles. The van der Waals surface area contributed by atoms with Crippen molar-refractivity contribution in [2.75, 3.05) is 20.8 Å². The number of amides is 1. The van der Waals surface area contributed by atoms with Crippen molar-refractivity contribution in [3.63, 3.8) is 0 Å². The van der Waals surface area contributed by atoms with Gasteiger partial charge in [0.05, 0.1) is 32.6 Å². The highest BCUT2D eigenvalue weighted by Gasteiger charge is 2.34. The number of rotatable bonds is 6. The van der Waals surface area contributed by atoms with Crippen molar-refractivity contribution in [3.05, 3.63) is 58.7 Å². The van der Waals surface area contributed by atoms with Gasteiger partial charge in [0.2, 0.25) is 5.91 Å². The van der Waals surface area contributed by atoms with Crippen LogP contribution >= 0.6 is 11.6 Å². The van der Waals surface area contributed by atoms with E-state index in [1.165, 1.54) is 11.9 Å². The van der Waals surface area contributed by atoms with Crippen LogP contribution in [-0.4, -0.2) is 42.4 Å². The molecule has 32 heavy (non-hydrogen) atoms. The molecule has 3 aromatic rings. The zero-order valence-electron chi connectivity index (χ0n) is 18.4. The lowest BCUT2D eigenvalue weighted by molar-refractivity contribution is -0.130. The van der Waals surface area contributed by atoms with Gasteiger partial charge in [-0.15, -0.1) is 0 Å². The van der Waals surface area contributed by atoms with E-state index >= 15 is 0 Å². The fourth-order valence-corrected chi connectivity index (χ4v) is 4.18. The third kappa shape index (κ3) is 3.96. The number of carbonyl (C=O) groups excluding carboxylic acids is 1. The van der Waals surface area contributed by atoms with Crippen molar-refractivity contribution in [3.8, 4) is 17.2 Å². The number of methoxy groups -OCH3 is 2. The maximum atomic E-state index is 12.5. The van der Waals surface area contributed by atoms with Gasteiger partial charge in [-0.3, -0.25) is 4.79 Å². The summed E-state index contributed by atoms with van der Waals surface area (Å²) >= 11 is 6.62. The normalized spacial score (nSPS) is 15.6. The summed E-state index contributed by atoms with van der Waals surface area (Å²) in [6.45, 7) is 3.94. The topological polar surface area (TPSA) is 73.2 Å². The van der Waals surface area contributed by atoms with Crippen molar-refractivity contribution >= 4 is 34.1 Å². The Morgan fingerprint density at radius 2 is 1.97 bits per heavy atom. The molecule has 0 spiro atoms. The number of aromatic nitrogens is 1. The average molecular weight is 454 g/mol. The van der Waals surface area contributed by atoms with E-state index in [1.54, 1.807) is 20.3 Å². The van der Waals surface area contributed by atoms with Crippen LogP contribution in [0.2, 0.25) is 5.15 Å². The maximum Gasteiger partial charge on any atom is 0.240 e. The number of hydrazone groups is 1. The predicted molar refractivity (Wildman–Crippen MR) is 124 cm³/mol. The Hall–Kier alpha value is -3.32. The van der Waals surface area contributed by atoms with Crippen molar-refractivity contribution in [1.82, 2.24) is 9.99 Å². The lowest BCUT2D eigenvalue weighted by Crippen LogP contribution is -2.24. The molecule has 4 rings (SSSR count). The Balaban J connectivity index is 1.76. The molecule has 0 aliphatic carbocycles. The second-order valence-electron chi connectivity index (χ2n) is 7.33. The molecule has 1 aromatic heterocycles. The van der Waals surface area contributed by atoms with Gasteiger partial charge in [-0.25, -0.2) is 9.99 Å². The van der Waals surface area contributed by atoms with Crippen LogP contribution in [0.15, 0.2) is 47.6 Å². The van der Waals surface area contributed by atoms with Gasteiger partial charge < -0.3 is 14.2 Å². The number of hydrogen-bond acceptors (Lipinski definition) is 6. The third-order valence-electron chi connectivity index (χ3n) is 5.40. The highest BCUT2D eigenvalue weighted by molar-refractivity contribution is 6.30. The summed E-state index contributed by atoms with van der Waals surface area (Å²) in [4.78, 5) is 17.1. The molecule has 1 unspecified atom stereocenters. The summed E-state index contributed by atoms with van der Waals surface area (Å²) in [5.74, 6) is 1.79. The van der Waals surface area contributed by atoms with Gasteiger partial charge in [-0.05, 0) is 31.2 Å². The van der Waals surface area contributed by atoms with Crippen molar-refractivity contribution < 1.29 is 19.0 Å². The standard InChI is InChI=1S/C24H24ClN3O4/c1-5-32-21-8-6-7-15-11-18(24(25)26-23(15)21)20-13-19(27-28(20)14(2)29)17-10-9-16(30-3)12-22(17)31-4/h6-12,20H,5,13H2,1-4H3. The first-order valence-corrected chi connectivity index (χ1v) is 10.7. The van der Waals surface area contributed by atoms with Crippen LogP contribution in [0.4, 0.5) is 0 Å². The first-order chi connectivity index (χ1) is 15.5. The van der Waals surface area contributed by atoms with Gasteiger partial charge in [-0.1, -0.05) is 23.7 Å². The quantitative estimate of drug-likeness (QED) is 0.491. The Labute approximate surface area is 191 Å². The van der Waals surface area contributed by atoms with Crippen LogP contribution in [0.25, 0.3) is 10.9 Å².